The third-order valence-electron chi connectivity index (χ3n) is 2.44. The number of hydrogen-bond acceptors (Lipinski definition) is 1. The number of benzene rings is 1. The maximum Gasteiger partial charge on any atom is 0.165 e. The molecule has 0 amide bonds. The molecular weight excluding hydrogens is 271 g/mol. The van der Waals surface area contributed by atoms with E-state index >= 15 is 0 Å². The average Bonchev–Trinajstić information content (AvgIpc) is 2.21. The molecular formula is C13H16BrFO. The Morgan fingerprint density at radius 1 is 1.44 bits per heavy atom. The Morgan fingerprint density at radius 2 is 2.12 bits per heavy atom. The minimum atomic E-state index is -0.447. The summed E-state index contributed by atoms with van der Waals surface area (Å²) >= 11 is 3.08. The molecule has 0 aromatic heterocycles. The van der Waals surface area contributed by atoms with Crippen LogP contribution in [0.5, 0.6) is 0 Å². The maximum atomic E-state index is 13.6. The summed E-state index contributed by atoms with van der Waals surface area (Å²) in [5.41, 5.74) is 0.193. The first-order valence-corrected chi connectivity index (χ1v) is 6.29. The van der Waals surface area contributed by atoms with Gasteiger partial charge in [-0.3, -0.25) is 4.79 Å². The topological polar surface area (TPSA) is 17.1 Å². The first-order chi connectivity index (χ1) is 7.52. The van der Waals surface area contributed by atoms with E-state index in [4.69, 9.17) is 0 Å². The van der Waals surface area contributed by atoms with E-state index in [1.807, 2.05) is 0 Å². The highest BCUT2D eigenvalue weighted by molar-refractivity contribution is 9.10. The van der Waals surface area contributed by atoms with E-state index in [0.29, 0.717) is 16.8 Å². The van der Waals surface area contributed by atoms with Gasteiger partial charge in [-0.15, -0.1) is 0 Å². The lowest BCUT2D eigenvalue weighted by Gasteiger charge is -2.05. The van der Waals surface area contributed by atoms with Crippen LogP contribution in [0, 0.1) is 11.7 Å². The number of ketones is 1. The van der Waals surface area contributed by atoms with Crippen LogP contribution in [0.3, 0.4) is 0 Å². The van der Waals surface area contributed by atoms with Crippen molar-refractivity contribution in [3.05, 3.63) is 34.1 Å². The molecule has 0 saturated carbocycles. The smallest absolute Gasteiger partial charge is 0.165 e. The van der Waals surface area contributed by atoms with Gasteiger partial charge in [-0.2, -0.15) is 0 Å². The fourth-order valence-electron chi connectivity index (χ4n) is 1.52. The second kappa shape index (κ2) is 6.14. The normalized spacial score (nSPS) is 10.8. The van der Waals surface area contributed by atoms with Crippen LogP contribution in [0.4, 0.5) is 4.39 Å². The highest BCUT2D eigenvalue weighted by Crippen LogP contribution is 2.20. The number of Topliss-reactive ketones (excluding diaryl/α,β-unsaturated/α-hetero) is 1. The monoisotopic (exact) mass is 286 g/mol. The molecule has 0 aliphatic rings. The Labute approximate surface area is 104 Å². The van der Waals surface area contributed by atoms with Crippen LogP contribution < -0.4 is 0 Å². The van der Waals surface area contributed by atoms with Gasteiger partial charge in [0.1, 0.15) is 5.82 Å². The Hall–Kier alpha value is -0.700. The van der Waals surface area contributed by atoms with Crippen molar-refractivity contribution in [3.63, 3.8) is 0 Å². The lowest BCUT2D eigenvalue weighted by Crippen LogP contribution is -2.03. The number of carbonyl (C=O) groups is 1. The zero-order valence-electron chi connectivity index (χ0n) is 9.59. The van der Waals surface area contributed by atoms with Crippen LogP contribution >= 0.6 is 15.9 Å². The van der Waals surface area contributed by atoms with Gasteiger partial charge >= 0.3 is 0 Å². The Bertz CT molecular complexity index is 374. The van der Waals surface area contributed by atoms with Crippen molar-refractivity contribution in [3.8, 4) is 0 Å². The Kier molecular flexibility index (Phi) is 5.13. The van der Waals surface area contributed by atoms with Crippen molar-refractivity contribution in [2.24, 2.45) is 5.92 Å². The summed E-state index contributed by atoms with van der Waals surface area (Å²) in [5, 5.41) is 0. The average molecular weight is 287 g/mol. The molecule has 0 radical (unpaired) electrons. The van der Waals surface area contributed by atoms with E-state index < -0.39 is 5.82 Å². The lowest BCUT2D eigenvalue weighted by atomic mass is 10.0. The van der Waals surface area contributed by atoms with Gasteiger partial charge in [0.25, 0.3) is 0 Å². The molecule has 0 N–H and O–H groups in total. The minimum absolute atomic E-state index is 0.112. The second-order valence-electron chi connectivity index (χ2n) is 4.31. The van der Waals surface area contributed by atoms with Crippen molar-refractivity contribution in [2.45, 2.75) is 33.1 Å². The summed E-state index contributed by atoms with van der Waals surface area (Å²) in [4.78, 5) is 11.7. The number of hydrogen-bond donors (Lipinski definition) is 0. The van der Waals surface area contributed by atoms with E-state index in [9.17, 15) is 9.18 Å². The van der Waals surface area contributed by atoms with Crippen molar-refractivity contribution in [2.75, 3.05) is 0 Å². The zero-order chi connectivity index (χ0) is 12.1. The molecule has 3 heteroatoms. The van der Waals surface area contributed by atoms with Crippen molar-refractivity contribution in [1.82, 2.24) is 0 Å². The van der Waals surface area contributed by atoms with E-state index in [0.717, 1.165) is 12.8 Å². The molecule has 1 nitrogen and oxygen atoms in total. The van der Waals surface area contributed by atoms with Gasteiger partial charge in [-0.05, 0) is 40.4 Å². The first-order valence-electron chi connectivity index (χ1n) is 5.49. The Balaban J connectivity index is 2.63. The van der Waals surface area contributed by atoms with E-state index in [1.165, 1.54) is 6.07 Å². The molecule has 0 aliphatic heterocycles. The molecule has 0 heterocycles. The standard InChI is InChI=1S/C13H16BrFO/c1-9(2)5-3-8-12(16)10-6-4-7-11(14)13(10)15/h4,6-7,9H,3,5,8H2,1-2H3. The van der Waals surface area contributed by atoms with Crippen LogP contribution in [-0.2, 0) is 0 Å². The molecule has 0 unspecified atom stereocenters. The summed E-state index contributed by atoms with van der Waals surface area (Å²) in [5.74, 6) is 0.0247. The highest BCUT2D eigenvalue weighted by Gasteiger charge is 2.13. The molecule has 0 saturated heterocycles. The second-order valence-corrected chi connectivity index (χ2v) is 5.16. The van der Waals surface area contributed by atoms with E-state index in [-0.39, 0.29) is 11.3 Å². The molecule has 1 aromatic carbocycles. The zero-order valence-corrected chi connectivity index (χ0v) is 11.2. The number of halogens is 2. The van der Waals surface area contributed by atoms with Gasteiger partial charge in [-0.25, -0.2) is 4.39 Å². The molecule has 16 heavy (non-hydrogen) atoms. The van der Waals surface area contributed by atoms with Crippen LogP contribution in [0.2, 0.25) is 0 Å². The van der Waals surface area contributed by atoms with Gasteiger partial charge in [0.2, 0.25) is 0 Å². The lowest BCUT2D eigenvalue weighted by molar-refractivity contribution is 0.0974. The molecule has 1 aromatic rings. The quantitative estimate of drug-likeness (QED) is 0.723. The molecule has 0 fully saturated rings. The Morgan fingerprint density at radius 3 is 2.75 bits per heavy atom. The molecule has 0 spiro atoms. The number of rotatable bonds is 5. The SMILES string of the molecule is CC(C)CCCC(=O)c1cccc(Br)c1F. The van der Waals surface area contributed by atoms with Crippen LogP contribution in [0.15, 0.2) is 22.7 Å². The van der Waals surface area contributed by atoms with Gasteiger partial charge < -0.3 is 0 Å². The van der Waals surface area contributed by atoms with Crippen LogP contribution in [0.25, 0.3) is 0 Å². The molecule has 0 atom stereocenters. The molecule has 0 aliphatic carbocycles. The summed E-state index contributed by atoms with van der Waals surface area (Å²) < 4.78 is 13.9. The minimum Gasteiger partial charge on any atom is -0.294 e. The predicted octanol–water partition coefficient (Wildman–Crippen LogP) is 4.60. The van der Waals surface area contributed by atoms with Gasteiger partial charge in [0.15, 0.2) is 5.78 Å². The van der Waals surface area contributed by atoms with Crippen LogP contribution in [-0.4, -0.2) is 5.78 Å². The number of carbonyl (C=O) groups excluding carboxylic acids is 1. The first kappa shape index (κ1) is 13.4. The largest absolute Gasteiger partial charge is 0.294 e. The maximum absolute atomic E-state index is 13.6. The van der Waals surface area contributed by atoms with Gasteiger partial charge in [0, 0.05) is 6.42 Å². The van der Waals surface area contributed by atoms with E-state index in [2.05, 4.69) is 29.8 Å². The third kappa shape index (κ3) is 3.71. The predicted molar refractivity (Wildman–Crippen MR) is 67.1 cm³/mol. The van der Waals surface area contributed by atoms with Gasteiger partial charge in [0.05, 0.1) is 10.0 Å². The fourth-order valence-corrected chi connectivity index (χ4v) is 1.89. The van der Waals surface area contributed by atoms with Crippen LogP contribution in [0.1, 0.15) is 43.5 Å². The van der Waals surface area contributed by atoms with Crippen molar-refractivity contribution in [1.29, 1.82) is 0 Å². The van der Waals surface area contributed by atoms with Crippen molar-refractivity contribution < 1.29 is 9.18 Å². The van der Waals surface area contributed by atoms with E-state index in [1.54, 1.807) is 12.1 Å². The highest BCUT2D eigenvalue weighted by atomic mass is 79.9. The fraction of sp³-hybridized carbons (Fsp3) is 0.462. The third-order valence-corrected chi connectivity index (χ3v) is 3.05. The molecule has 88 valence electrons. The molecule has 1 rings (SSSR count). The summed E-state index contributed by atoms with van der Waals surface area (Å²) in [6.07, 6.45) is 2.25. The summed E-state index contributed by atoms with van der Waals surface area (Å²) in [6.45, 7) is 4.23. The van der Waals surface area contributed by atoms with Gasteiger partial charge in [-0.1, -0.05) is 26.3 Å². The summed E-state index contributed by atoms with van der Waals surface area (Å²) in [6, 6.07) is 4.82. The molecule has 0 bridgehead atoms. The van der Waals surface area contributed by atoms with Crippen molar-refractivity contribution >= 4 is 21.7 Å². The summed E-state index contributed by atoms with van der Waals surface area (Å²) in [7, 11) is 0.